The lowest BCUT2D eigenvalue weighted by Crippen LogP contribution is -2.09. The molecule has 246 valence electrons. The summed E-state index contributed by atoms with van der Waals surface area (Å²) in [5.74, 6) is 0. The Kier molecular flexibility index (Phi) is 7.04. The lowest BCUT2D eigenvalue weighted by Gasteiger charge is -2.26. The van der Waals surface area contributed by atoms with Crippen LogP contribution in [0.1, 0.15) is 5.56 Å². The number of para-hydroxylation sites is 4. The van der Waals surface area contributed by atoms with Gasteiger partial charge in [0.2, 0.25) is 0 Å². The monoisotopic (exact) mass is 667 g/mol. The fourth-order valence-corrected chi connectivity index (χ4v) is 7.53. The summed E-state index contributed by atoms with van der Waals surface area (Å²) in [6, 6.07) is 64.4. The van der Waals surface area contributed by atoms with E-state index < -0.39 is 0 Å². The first-order valence-electron chi connectivity index (χ1n) is 17.7. The number of hydrogen-bond donors (Lipinski definition) is 0. The van der Waals surface area contributed by atoms with Gasteiger partial charge in [-0.2, -0.15) is 0 Å². The van der Waals surface area contributed by atoms with Crippen LogP contribution in [-0.4, -0.2) is 0 Å². The molecule has 52 heavy (non-hydrogen) atoms. The van der Waals surface area contributed by atoms with Crippen LogP contribution < -0.4 is 4.90 Å². The molecule has 0 fully saturated rings. The van der Waals surface area contributed by atoms with E-state index in [1.165, 1.54) is 16.7 Å². The molecule has 0 saturated carbocycles. The SMILES string of the molecule is Cc1ccc(-c2ccc(N(c3ccc(-c4cccc5c4oc4ccccc45)cc3)c3ccc(-c4cccc5c4oc4ccccc45)cc3)cc2)cc1. The summed E-state index contributed by atoms with van der Waals surface area (Å²) in [4.78, 5) is 2.32. The Morgan fingerprint density at radius 1 is 0.327 bits per heavy atom. The van der Waals surface area contributed by atoms with Crippen molar-refractivity contribution in [1.82, 2.24) is 0 Å². The third-order valence-corrected chi connectivity index (χ3v) is 10.2. The van der Waals surface area contributed by atoms with E-state index in [0.29, 0.717) is 0 Å². The molecule has 0 aliphatic heterocycles. The third kappa shape index (κ3) is 5.06. The van der Waals surface area contributed by atoms with E-state index in [9.17, 15) is 0 Å². The second kappa shape index (κ2) is 12.2. The highest BCUT2D eigenvalue weighted by Crippen LogP contribution is 2.41. The Morgan fingerprint density at radius 3 is 1.13 bits per heavy atom. The standard InChI is InChI=1S/C49H33NO2/c1-32-16-18-33(19-17-32)34-20-26-37(27-21-34)50(38-28-22-35(23-29-38)40-10-6-12-44-42-8-2-4-14-46(42)51-48(40)44)39-30-24-36(25-31-39)41-11-7-13-45-43-9-3-5-15-47(43)52-49(41)45/h2-31H,1H3. The van der Waals surface area contributed by atoms with Crippen molar-refractivity contribution in [2.45, 2.75) is 6.92 Å². The predicted octanol–water partition coefficient (Wildman–Crippen LogP) is 14.3. The first kappa shape index (κ1) is 30.0. The van der Waals surface area contributed by atoms with Crippen LogP contribution in [0, 0.1) is 6.92 Å². The van der Waals surface area contributed by atoms with Crippen LogP contribution in [0.15, 0.2) is 191 Å². The molecule has 10 aromatic rings. The average molecular weight is 668 g/mol. The Hall–Kier alpha value is -6.84. The van der Waals surface area contributed by atoms with Gasteiger partial charge in [0.15, 0.2) is 0 Å². The molecule has 0 unspecified atom stereocenters. The summed E-state index contributed by atoms with van der Waals surface area (Å²) >= 11 is 0. The maximum Gasteiger partial charge on any atom is 0.143 e. The molecule has 3 nitrogen and oxygen atoms in total. The van der Waals surface area contributed by atoms with Crippen molar-refractivity contribution in [3.05, 3.63) is 188 Å². The van der Waals surface area contributed by atoms with Crippen molar-refractivity contribution in [2.24, 2.45) is 0 Å². The van der Waals surface area contributed by atoms with Crippen molar-refractivity contribution in [2.75, 3.05) is 4.90 Å². The summed E-state index contributed by atoms with van der Waals surface area (Å²) in [5.41, 5.74) is 14.9. The Labute approximate surface area is 301 Å². The second-order valence-corrected chi connectivity index (χ2v) is 13.4. The third-order valence-electron chi connectivity index (χ3n) is 10.2. The highest BCUT2D eigenvalue weighted by atomic mass is 16.3. The Morgan fingerprint density at radius 2 is 0.692 bits per heavy atom. The van der Waals surface area contributed by atoms with Crippen molar-refractivity contribution in [3.63, 3.8) is 0 Å². The van der Waals surface area contributed by atoms with Crippen LogP contribution in [0.2, 0.25) is 0 Å². The quantitative estimate of drug-likeness (QED) is 0.177. The van der Waals surface area contributed by atoms with Gasteiger partial charge in [-0.25, -0.2) is 0 Å². The number of benzene rings is 8. The highest BCUT2D eigenvalue weighted by molar-refractivity contribution is 6.10. The molecule has 3 heteroatoms. The molecule has 0 bridgehead atoms. The largest absolute Gasteiger partial charge is 0.455 e. The van der Waals surface area contributed by atoms with Gasteiger partial charge in [-0.15, -0.1) is 0 Å². The first-order chi connectivity index (χ1) is 25.7. The molecule has 0 aliphatic rings. The second-order valence-electron chi connectivity index (χ2n) is 13.4. The summed E-state index contributed by atoms with van der Waals surface area (Å²) < 4.78 is 12.8. The minimum absolute atomic E-state index is 0.904. The average Bonchev–Trinajstić information content (AvgIpc) is 3.78. The van der Waals surface area contributed by atoms with Crippen LogP contribution in [0.5, 0.6) is 0 Å². The van der Waals surface area contributed by atoms with Gasteiger partial charge >= 0.3 is 0 Å². The van der Waals surface area contributed by atoms with Crippen molar-refractivity contribution in [1.29, 1.82) is 0 Å². The van der Waals surface area contributed by atoms with Gasteiger partial charge in [0, 0.05) is 49.7 Å². The number of anilines is 3. The molecule has 0 N–H and O–H groups in total. The van der Waals surface area contributed by atoms with Crippen LogP contribution >= 0.6 is 0 Å². The van der Waals surface area contributed by atoms with Crippen LogP contribution in [0.25, 0.3) is 77.3 Å². The van der Waals surface area contributed by atoms with E-state index in [2.05, 4.69) is 170 Å². The molecule has 0 saturated heterocycles. The van der Waals surface area contributed by atoms with Gasteiger partial charge in [0.05, 0.1) is 0 Å². The minimum atomic E-state index is 0.904. The van der Waals surface area contributed by atoms with E-state index in [1.807, 2.05) is 24.3 Å². The van der Waals surface area contributed by atoms with E-state index >= 15 is 0 Å². The number of nitrogens with zero attached hydrogens (tertiary/aromatic N) is 1. The summed E-state index contributed by atoms with van der Waals surface area (Å²) in [7, 11) is 0. The summed E-state index contributed by atoms with van der Waals surface area (Å²) in [6.45, 7) is 2.12. The van der Waals surface area contributed by atoms with Crippen LogP contribution in [0.4, 0.5) is 17.1 Å². The maximum absolute atomic E-state index is 6.38. The summed E-state index contributed by atoms with van der Waals surface area (Å²) in [5, 5.41) is 4.53. The smallest absolute Gasteiger partial charge is 0.143 e. The first-order valence-corrected chi connectivity index (χ1v) is 17.7. The fraction of sp³-hybridized carbons (Fsp3) is 0.0204. The van der Waals surface area contributed by atoms with E-state index in [1.54, 1.807) is 0 Å². The highest BCUT2D eigenvalue weighted by Gasteiger charge is 2.17. The van der Waals surface area contributed by atoms with Gasteiger partial charge in [-0.1, -0.05) is 139 Å². The Balaban J connectivity index is 1.05. The van der Waals surface area contributed by atoms with E-state index in [0.717, 1.165) is 83.2 Å². The zero-order valence-electron chi connectivity index (χ0n) is 28.6. The summed E-state index contributed by atoms with van der Waals surface area (Å²) in [6.07, 6.45) is 0. The van der Waals surface area contributed by atoms with Gasteiger partial charge in [0.25, 0.3) is 0 Å². The van der Waals surface area contributed by atoms with E-state index in [4.69, 9.17) is 8.83 Å². The zero-order chi connectivity index (χ0) is 34.6. The predicted molar refractivity (Wildman–Crippen MR) is 217 cm³/mol. The van der Waals surface area contributed by atoms with Gasteiger partial charge in [-0.05, 0) is 77.7 Å². The lowest BCUT2D eigenvalue weighted by molar-refractivity contribution is 0.669. The molecule has 0 aliphatic carbocycles. The fourth-order valence-electron chi connectivity index (χ4n) is 7.53. The van der Waals surface area contributed by atoms with Gasteiger partial charge in [-0.3, -0.25) is 0 Å². The molecule has 0 spiro atoms. The Bertz CT molecular complexity index is 2720. The van der Waals surface area contributed by atoms with Crippen molar-refractivity contribution >= 4 is 60.9 Å². The molecule has 0 atom stereocenters. The maximum atomic E-state index is 6.38. The van der Waals surface area contributed by atoms with Crippen LogP contribution in [0.3, 0.4) is 0 Å². The van der Waals surface area contributed by atoms with Crippen molar-refractivity contribution in [3.8, 4) is 33.4 Å². The van der Waals surface area contributed by atoms with Gasteiger partial charge in [0.1, 0.15) is 22.3 Å². The molecule has 10 rings (SSSR count). The number of rotatable bonds is 6. The van der Waals surface area contributed by atoms with Gasteiger partial charge < -0.3 is 13.7 Å². The van der Waals surface area contributed by atoms with E-state index in [-0.39, 0.29) is 0 Å². The topological polar surface area (TPSA) is 29.5 Å². The molecular formula is C49H33NO2. The minimum Gasteiger partial charge on any atom is -0.455 e. The number of hydrogen-bond acceptors (Lipinski definition) is 3. The number of furan rings is 2. The molecule has 0 radical (unpaired) electrons. The molecular weight excluding hydrogens is 635 g/mol. The zero-order valence-corrected chi connectivity index (χ0v) is 28.6. The molecule has 2 heterocycles. The van der Waals surface area contributed by atoms with Crippen LogP contribution in [-0.2, 0) is 0 Å². The number of aryl methyl sites for hydroxylation is 1. The lowest BCUT2D eigenvalue weighted by atomic mass is 10.0. The normalized spacial score (nSPS) is 11.6. The number of fused-ring (bicyclic) bond motifs is 6. The van der Waals surface area contributed by atoms with Crippen molar-refractivity contribution < 1.29 is 8.83 Å². The molecule has 0 amide bonds. The molecule has 8 aromatic carbocycles. The molecule has 2 aromatic heterocycles.